The molecule has 1 saturated carbocycles. The zero-order chi connectivity index (χ0) is 21.6. The Kier molecular flexibility index (Phi) is 5.13. The van der Waals surface area contributed by atoms with E-state index >= 15 is 0 Å². The van der Waals surface area contributed by atoms with Gasteiger partial charge in [0.1, 0.15) is 5.78 Å². The van der Waals surface area contributed by atoms with E-state index in [9.17, 15) is 13.2 Å². The lowest BCUT2D eigenvalue weighted by Gasteiger charge is -2.42. The molecule has 2 aromatic carbocycles. The summed E-state index contributed by atoms with van der Waals surface area (Å²) in [6.07, 6.45) is 4.48. The molecule has 0 radical (unpaired) electrons. The van der Waals surface area contributed by atoms with Crippen LogP contribution < -0.4 is 0 Å². The van der Waals surface area contributed by atoms with Gasteiger partial charge in [0.25, 0.3) is 10.0 Å². The van der Waals surface area contributed by atoms with Crippen LogP contribution in [0.4, 0.5) is 0 Å². The predicted octanol–water partition coefficient (Wildman–Crippen LogP) is 5.20. The minimum absolute atomic E-state index is 0.00663. The van der Waals surface area contributed by atoms with Crippen molar-refractivity contribution in [2.45, 2.75) is 51.3 Å². The van der Waals surface area contributed by atoms with Crippen molar-refractivity contribution in [2.24, 2.45) is 10.8 Å². The van der Waals surface area contributed by atoms with Crippen LogP contribution in [0.15, 0.2) is 65.2 Å². The largest absolute Gasteiger partial charge is 0.299 e. The fraction of sp³-hybridized carbons (Fsp3) is 0.400. The highest BCUT2D eigenvalue weighted by atomic mass is 32.2. The maximum absolute atomic E-state index is 13.6. The Bertz CT molecular complexity index is 1080. The van der Waals surface area contributed by atoms with Gasteiger partial charge in [0.05, 0.1) is 10.3 Å². The van der Waals surface area contributed by atoms with Gasteiger partial charge in [0.15, 0.2) is 0 Å². The van der Waals surface area contributed by atoms with E-state index in [4.69, 9.17) is 0 Å². The number of ketones is 1. The Labute approximate surface area is 179 Å². The van der Waals surface area contributed by atoms with Crippen molar-refractivity contribution >= 4 is 21.9 Å². The number of sulfonamides is 1. The van der Waals surface area contributed by atoms with E-state index in [0.717, 1.165) is 17.5 Å². The molecule has 1 spiro atoms. The maximum atomic E-state index is 13.6. The van der Waals surface area contributed by atoms with Crippen molar-refractivity contribution in [1.29, 1.82) is 0 Å². The standard InChI is InChI=1S/C25H29NO3S/c1-19-9-11-21(12-10-19)30(28,29)26-16-15-25(18-24(2,3)14-13-23(25)27)22(26)17-20-7-5-4-6-8-20/h4-12,17H,13-16,18H2,1-3H3/b22-17+/t25-/m1/s1. The van der Waals surface area contributed by atoms with Crippen LogP contribution in [0, 0.1) is 17.8 Å². The Balaban J connectivity index is 1.86. The lowest BCUT2D eigenvalue weighted by atomic mass is 9.61. The molecule has 2 aromatic rings. The van der Waals surface area contributed by atoms with Crippen molar-refractivity contribution in [3.8, 4) is 0 Å². The Morgan fingerprint density at radius 1 is 0.967 bits per heavy atom. The lowest BCUT2D eigenvalue weighted by Crippen LogP contribution is -2.42. The molecule has 0 N–H and O–H groups in total. The third-order valence-corrected chi connectivity index (χ3v) is 8.38. The van der Waals surface area contributed by atoms with Crippen LogP contribution in [0.3, 0.4) is 0 Å². The van der Waals surface area contributed by atoms with E-state index in [-0.39, 0.29) is 16.1 Å². The maximum Gasteiger partial charge on any atom is 0.264 e. The van der Waals surface area contributed by atoms with Crippen LogP contribution in [0.5, 0.6) is 0 Å². The van der Waals surface area contributed by atoms with Gasteiger partial charge in [0.2, 0.25) is 0 Å². The van der Waals surface area contributed by atoms with Gasteiger partial charge in [-0.3, -0.25) is 9.10 Å². The number of hydrogen-bond donors (Lipinski definition) is 0. The summed E-state index contributed by atoms with van der Waals surface area (Å²) in [7, 11) is -3.75. The number of carbonyl (C=O) groups excluding carboxylic acids is 1. The van der Waals surface area contributed by atoms with Crippen molar-refractivity contribution < 1.29 is 13.2 Å². The highest BCUT2D eigenvalue weighted by molar-refractivity contribution is 7.89. The second-order valence-corrected chi connectivity index (χ2v) is 11.3. The first-order valence-electron chi connectivity index (χ1n) is 10.5. The third-order valence-electron chi connectivity index (χ3n) is 6.56. The van der Waals surface area contributed by atoms with Crippen LogP contribution in [0.2, 0.25) is 0 Å². The number of allylic oxidation sites excluding steroid dienone is 1. The van der Waals surface area contributed by atoms with Gasteiger partial charge < -0.3 is 0 Å². The zero-order valence-electron chi connectivity index (χ0n) is 17.9. The molecule has 4 nitrogen and oxygen atoms in total. The Morgan fingerprint density at radius 3 is 2.30 bits per heavy atom. The van der Waals surface area contributed by atoms with Gasteiger partial charge in [0, 0.05) is 18.7 Å². The van der Waals surface area contributed by atoms with Gasteiger partial charge in [-0.05, 0) is 55.4 Å². The lowest BCUT2D eigenvalue weighted by molar-refractivity contribution is -0.132. The number of benzene rings is 2. The Morgan fingerprint density at radius 2 is 1.63 bits per heavy atom. The number of aryl methyl sites for hydroxylation is 1. The smallest absolute Gasteiger partial charge is 0.264 e. The van der Waals surface area contributed by atoms with Crippen LogP contribution >= 0.6 is 0 Å². The molecule has 2 aliphatic rings. The van der Waals surface area contributed by atoms with Crippen LogP contribution in [0.1, 0.15) is 50.7 Å². The van der Waals surface area contributed by atoms with Crippen LogP contribution in [-0.2, 0) is 14.8 Å². The van der Waals surface area contributed by atoms with E-state index in [0.29, 0.717) is 31.5 Å². The van der Waals surface area contributed by atoms with E-state index in [1.807, 2.05) is 55.5 Å². The summed E-state index contributed by atoms with van der Waals surface area (Å²) >= 11 is 0. The predicted molar refractivity (Wildman–Crippen MR) is 119 cm³/mol. The third kappa shape index (κ3) is 3.60. The summed E-state index contributed by atoms with van der Waals surface area (Å²) in [5, 5.41) is 0. The Hall–Kier alpha value is -2.40. The number of Topliss-reactive ketones (excluding diaryl/α,β-unsaturated/α-hetero) is 1. The highest BCUT2D eigenvalue weighted by Crippen LogP contribution is 2.55. The van der Waals surface area contributed by atoms with E-state index in [1.54, 1.807) is 12.1 Å². The summed E-state index contributed by atoms with van der Waals surface area (Å²) in [5.74, 6) is 0.172. The number of nitrogens with zero attached hydrogens (tertiary/aromatic N) is 1. The molecule has 1 atom stereocenters. The summed E-state index contributed by atoms with van der Waals surface area (Å²) in [6, 6.07) is 16.6. The van der Waals surface area contributed by atoms with Gasteiger partial charge in [-0.2, -0.15) is 0 Å². The molecule has 5 heteroatoms. The van der Waals surface area contributed by atoms with E-state index in [1.165, 1.54) is 4.31 Å². The molecule has 1 aliphatic carbocycles. The van der Waals surface area contributed by atoms with E-state index in [2.05, 4.69) is 13.8 Å². The van der Waals surface area contributed by atoms with Crippen molar-refractivity contribution in [3.63, 3.8) is 0 Å². The van der Waals surface area contributed by atoms with Gasteiger partial charge in [-0.25, -0.2) is 8.42 Å². The minimum Gasteiger partial charge on any atom is -0.299 e. The molecule has 4 rings (SSSR count). The molecule has 1 aliphatic heterocycles. The fourth-order valence-electron chi connectivity index (χ4n) is 4.94. The SMILES string of the molecule is Cc1ccc(S(=O)(=O)N2CC[C@@]3(CC(C)(C)CCC3=O)/C2=C\c2ccccc2)cc1. The van der Waals surface area contributed by atoms with Crippen LogP contribution in [0.25, 0.3) is 6.08 Å². The fourth-order valence-corrected chi connectivity index (χ4v) is 6.49. The van der Waals surface area contributed by atoms with Crippen LogP contribution in [-0.4, -0.2) is 25.1 Å². The first-order chi connectivity index (χ1) is 14.1. The second-order valence-electron chi connectivity index (χ2n) is 9.43. The summed E-state index contributed by atoms with van der Waals surface area (Å²) < 4.78 is 28.7. The molecule has 1 heterocycles. The number of rotatable bonds is 3. The average molecular weight is 424 g/mol. The molecule has 1 saturated heterocycles. The molecule has 158 valence electrons. The van der Waals surface area contributed by atoms with Crippen molar-refractivity contribution in [2.75, 3.05) is 6.54 Å². The molecule has 2 fully saturated rings. The summed E-state index contributed by atoms with van der Waals surface area (Å²) in [5.41, 5.74) is 1.81. The summed E-state index contributed by atoms with van der Waals surface area (Å²) in [4.78, 5) is 13.6. The second kappa shape index (κ2) is 7.38. The minimum atomic E-state index is -3.75. The van der Waals surface area contributed by atoms with E-state index < -0.39 is 15.4 Å². The zero-order valence-corrected chi connectivity index (χ0v) is 18.7. The number of hydrogen-bond acceptors (Lipinski definition) is 3. The molecule has 0 aromatic heterocycles. The quantitative estimate of drug-likeness (QED) is 0.682. The number of carbonyl (C=O) groups is 1. The highest BCUT2D eigenvalue weighted by Gasteiger charge is 2.55. The van der Waals surface area contributed by atoms with Gasteiger partial charge in [-0.1, -0.05) is 61.9 Å². The molecule has 0 bridgehead atoms. The molecular weight excluding hydrogens is 394 g/mol. The van der Waals surface area contributed by atoms with Crippen molar-refractivity contribution in [1.82, 2.24) is 4.31 Å². The normalized spacial score (nSPS) is 25.2. The first-order valence-corrected chi connectivity index (χ1v) is 12.0. The average Bonchev–Trinajstić information content (AvgIpc) is 3.05. The molecular formula is C25H29NO3S. The summed E-state index contributed by atoms with van der Waals surface area (Å²) in [6.45, 7) is 6.62. The van der Waals surface area contributed by atoms with Gasteiger partial charge in [-0.15, -0.1) is 0 Å². The topological polar surface area (TPSA) is 54.5 Å². The molecule has 0 amide bonds. The van der Waals surface area contributed by atoms with Gasteiger partial charge >= 0.3 is 0 Å². The monoisotopic (exact) mass is 423 g/mol. The first kappa shape index (κ1) is 20.9. The molecule has 0 unspecified atom stereocenters. The molecule has 30 heavy (non-hydrogen) atoms. The van der Waals surface area contributed by atoms with Crippen molar-refractivity contribution in [3.05, 3.63) is 71.4 Å².